The fourth-order valence-electron chi connectivity index (χ4n) is 2.34. The summed E-state index contributed by atoms with van der Waals surface area (Å²) in [4.78, 5) is 0. The van der Waals surface area contributed by atoms with Crippen molar-refractivity contribution < 1.29 is 0 Å². The summed E-state index contributed by atoms with van der Waals surface area (Å²) in [7, 11) is 0. The minimum atomic E-state index is -0.319. The average Bonchev–Trinajstić information content (AvgIpc) is 2.19. The zero-order valence-corrected chi connectivity index (χ0v) is 9.08. The van der Waals surface area contributed by atoms with Gasteiger partial charge >= 0.3 is 0 Å². The van der Waals surface area contributed by atoms with Crippen molar-refractivity contribution in [3.63, 3.8) is 0 Å². The summed E-state index contributed by atoms with van der Waals surface area (Å²) in [6.07, 6.45) is 4.48. The Morgan fingerprint density at radius 1 is 1.29 bits per heavy atom. The number of nitriles is 2. The van der Waals surface area contributed by atoms with Gasteiger partial charge in [0.25, 0.3) is 0 Å². The van der Waals surface area contributed by atoms with Gasteiger partial charge in [-0.2, -0.15) is 10.5 Å². The summed E-state index contributed by atoms with van der Waals surface area (Å²) in [5.41, 5.74) is -0.319. The van der Waals surface area contributed by atoms with E-state index in [2.05, 4.69) is 26.0 Å². The summed E-state index contributed by atoms with van der Waals surface area (Å²) in [6, 6.07) is 4.51. The first-order valence-corrected chi connectivity index (χ1v) is 5.42. The van der Waals surface area contributed by atoms with E-state index in [0.717, 1.165) is 31.6 Å². The largest absolute Gasteiger partial charge is 0.198 e. The lowest BCUT2D eigenvalue weighted by atomic mass is 9.67. The molecule has 1 aliphatic carbocycles. The van der Waals surface area contributed by atoms with Gasteiger partial charge in [-0.15, -0.1) is 0 Å². The van der Waals surface area contributed by atoms with E-state index in [9.17, 15) is 0 Å². The molecule has 0 aliphatic heterocycles. The molecule has 0 unspecified atom stereocenters. The van der Waals surface area contributed by atoms with E-state index in [-0.39, 0.29) is 5.41 Å². The minimum Gasteiger partial charge on any atom is -0.198 e. The van der Waals surface area contributed by atoms with Crippen LogP contribution < -0.4 is 0 Å². The van der Waals surface area contributed by atoms with Crippen LogP contribution in [0.1, 0.15) is 46.0 Å². The molecule has 0 aromatic rings. The molecule has 14 heavy (non-hydrogen) atoms. The highest BCUT2D eigenvalue weighted by atomic mass is 14.4. The van der Waals surface area contributed by atoms with Crippen LogP contribution in [0.15, 0.2) is 0 Å². The average molecular weight is 190 g/mol. The van der Waals surface area contributed by atoms with E-state index in [0.29, 0.717) is 12.3 Å². The van der Waals surface area contributed by atoms with Crippen LogP contribution in [0, 0.1) is 39.9 Å². The van der Waals surface area contributed by atoms with Gasteiger partial charge in [0.05, 0.1) is 24.0 Å². The highest BCUT2D eigenvalue weighted by Crippen LogP contribution is 2.42. The van der Waals surface area contributed by atoms with Gasteiger partial charge in [0, 0.05) is 0 Å². The van der Waals surface area contributed by atoms with Gasteiger partial charge in [-0.25, -0.2) is 0 Å². The van der Waals surface area contributed by atoms with Crippen molar-refractivity contribution >= 4 is 0 Å². The van der Waals surface area contributed by atoms with E-state index in [1.165, 1.54) is 0 Å². The maximum Gasteiger partial charge on any atom is 0.0704 e. The quantitative estimate of drug-likeness (QED) is 0.671. The number of rotatable bonds is 2. The standard InChI is InChI=1S/C12H18N2/c1-10(2)11-3-5-12(9-14,6-4-11)7-8-13/h10-11H,3-7H2,1-2H3. The van der Waals surface area contributed by atoms with E-state index in [4.69, 9.17) is 10.5 Å². The molecule has 0 saturated heterocycles. The van der Waals surface area contributed by atoms with Crippen LogP contribution in [0.25, 0.3) is 0 Å². The molecule has 1 fully saturated rings. The van der Waals surface area contributed by atoms with Crippen molar-refractivity contribution in [2.45, 2.75) is 46.0 Å². The van der Waals surface area contributed by atoms with E-state index in [1.54, 1.807) is 0 Å². The lowest BCUT2D eigenvalue weighted by Gasteiger charge is -2.35. The summed E-state index contributed by atoms with van der Waals surface area (Å²) in [5.74, 6) is 1.48. The molecule has 2 nitrogen and oxygen atoms in total. The molecular formula is C12H18N2. The maximum absolute atomic E-state index is 9.10. The monoisotopic (exact) mass is 190 g/mol. The van der Waals surface area contributed by atoms with Gasteiger partial charge in [0.2, 0.25) is 0 Å². The van der Waals surface area contributed by atoms with Crippen LogP contribution in [0.5, 0.6) is 0 Å². The first-order chi connectivity index (χ1) is 6.63. The summed E-state index contributed by atoms with van der Waals surface area (Å²) in [5, 5.41) is 17.8. The topological polar surface area (TPSA) is 47.6 Å². The minimum absolute atomic E-state index is 0.319. The van der Waals surface area contributed by atoms with Crippen LogP contribution in [-0.4, -0.2) is 0 Å². The molecule has 2 heteroatoms. The van der Waals surface area contributed by atoms with Gasteiger partial charge in [0.15, 0.2) is 0 Å². The molecule has 0 N–H and O–H groups in total. The van der Waals surface area contributed by atoms with Gasteiger partial charge < -0.3 is 0 Å². The normalized spacial score (nSPS) is 32.2. The zero-order valence-electron chi connectivity index (χ0n) is 9.08. The number of hydrogen-bond acceptors (Lipinski definition) is 2. The second-order valence-electron chi connectivity index (χ2n) is 4.81. The van der Waals surface area contributed by atoms with Crippen LogP contribution in [0.4, 0.5) is 0 Å². The Bertz CT molecular complexity index is 259. The SMILES string of the molecule is CC(C)C1CCC(C#N)(CC#N)CC1. The third-order valence-electron chi connectivity index (χ3n) is 3.58. The highest BCUT2D eigenvalue weighted by Gasteiger charge is 2.35. The molecule has 0 amide bonds. The molecule has 0 aromatic carbocycles. The third-order valence-corrected chi connectivity index (χ3v) is 3.58. The van der Waals surface area contributed by atoms with Crippen molar-refractivity contribution in [3.05, 3.63) is 0 Å². The molecule has 1 aliphatic rings. The van der Waals surface area contributed by atoms with Crippen LogP contribution in [-0.2, 0) is 0 Å². The summed E-state index contributed by atoms with van der Waals surface area (Å²) in [6.45, 7) is 4.49. The van der Waals surface area contributed by atoms with Crippen LogP contribution in [0.3, 0.4) is 0 Å². The lowest BCUT2D eigenvalue weighted by Crippen LogP contribution is -2.27. The van der Waals surface area contributed by atoms with Gasteiger partial charge in [0.1, 0.15) is 0 Å². The Labute approximate surface area is 86.5 Å². The fraction of sp³-hybridized carbons (Fsp3) is 0.833. The molecule has 0 aromatic heterocycles. The van der Waals surface area contributed by atoms with E-state index in [1.807, 2.05) is 0 Å². The second kappa shape index (κ2) is 4.47. The Hall–Kier alpha value is -1.02. The van der Waals surface area contributed by atoms with Gasteiger partial charge in [-0.05, 0) is 37.5 Å². The first-order valence-electron chi connectivity index (χ1n) is 5.42. The molecule has 0 bridgehead atoms. The smallest absolute Gasteiger partial charge is 0.0704 e. The van der Waals surface area contributed by atoms with Gasteiger partial charge in [-0.1, -0.05) is 13.8 Å². The van der Waals surface area contributed by atoms with Crippen molar-refractivity contribution in [3.8, 4) is 12.1 Å². The number of hydrogen-bond donors (Lipinski definition) is 0. The molecular weight excluding hydrogens is 172 g/mol. The fourth-order valence-corrected chi connectivity index (χ4v) is 2.34. The predicted molar refractivity (Wildman–Crippen MR) is 55.1 cm³/mol. The second-order valence-corrected chi connectivity index (χ2v) is 4.81. The molecule has 0 heterocycles. The molecule has 0 spiro atoms. The van der Waals surface area contributed by atoms with E-state index < -0.39 is 0 Å². The van der Waals surface area contributed by atoms with Crippen LogP contribution in [0.2, 0.25) is 0 Å². The Balaban J connectivity index is 2.57. The molecule has 1 rings (SSSR count). The number of nitrogens with zero attached hydrogens (tertiary/aromatic N) is 2. The van der Waals surface area contributed by atoms with Crippen molar-refractivity contribution in [2.75, 3.05) is 0 Å². The molecule has 0 atom stereocenters. The third kappa shape index (κ3) is 2.26. The van der Waals surface area contributed by atoms with Crippen LogP contribution >= 0.6 is 0 Å². The van der Waals surface area contributed by atoms with Crippen molar-refractivity contribution in [1.82, 2.24) is 0 Å². The highest BCUT2D eigenvalue weighted by molar-refractivity contribution is 5.05. The summed E-state index contributed by atoms with van der Waals surface area (Å²) >= 11 is 0. The maximum atomic E-state index is 9.10. The Morgan fingerprint density at radius 3 is 2.21 bits per heavy atom. The zero-order chi connectivity index (χ0) is 10.6. The summed E-state index contributed by atoms with van der Waals surface area (Å²) < 4.78 is 0. The Kier molecular flexibility index (Phi) is 3.53. The van der Waals surface area contributed by atoms with Crippen molar-refractivity contribution in [2.24, 2.45) is 17.3 Å². The predicted octanol–water partition coefficient (Wildman–Crippen LogP) is 3.26. The Morgan fingerprint density at radius 2 is 1.86 bits per heavy atom. The molecule has 76 valence electrons. The molecule has 1 saturated carbocycles. The molecule has 0 radical (unpaired) electrons. The first kappa shape index (κ1) is 11.1. The van der Waals surface area contributed by atoms with Gasteiger partial charge in [-0.3, -0.25) is 0 Å². The lowest BCUT2D eigenvalue weighted by molar-refractivity contribution is 0.179. The van der Waals surface area contributed by atoms with E-state index >= 15 is 0 Å². The van der Waals surface area contributed by atoms with Crippen molar-refractivity contribution in [1.29, 1.82) is 10.5 Å².